The minimum atomic E-state index is -2.87. The van der Waals surface area contributed by atoms with Gasteiger partial charge in [0.25, 0.3) is 0 Å². The topological polar surface area (TPSA) is 70.8 Å². The number of alkyl halides is 2. The fourth-order valence-electron chi connectivity index (χ4n) is 1.50. The number of nitriles is 1. The molecule has 0 unspecified atom stereocenters. The number of halogens is 2. The van der Waals surface area contributed by atoms with Crippen molar-refractivity contribution in [2.75, 3.05) is 5.32 Å². The lowest BCUT2D eigenvalue weighted by molar-refractivity contribution is -0.0500. The Morgan fingerprint density at radius 2 is 2.15 bits per heavy atom. The highest BCUT2D eigenvalue weighted by molar-refractivity contribution is 5.51. The molecule has 0 aliphatic rings. The molecule has 2 aromatic heterocycles. The molecule has 0 aliphatic heterocycles. The van der Waals surface area contributed by atoms with Crippen LogP contribution in [0.2, 0.25) is 0 Å². The van der Waals surface area contributed by atoms with Crippen LogP contribution < -0.4 is 10.1 Å². The summed E-state index contributed by atoms with van der Waals surface area (Å²) in [6, 6.07) is 8.28. The number of aromatic nitrogens is 2. The van der Waals surface area contributed by atoms with Gasteiger partial charge in [0, 0.05) is 6.20 Å². The molecule has 2 heterocycles. The van der Waals surface area contributed by atoms with Crippen LogP contribution in [0, 0.1) is 11.3 Å². The molecule has 0 saturated carbocycles. The molecule has 0 bridgehead atoms. The number of hydrogen-bond acceptors (Lipinski definition) is 5. The SMILES string of the molecule is N#Cc1cccnc1NCc1ccc(OC(F)F)cn1. The molecule has 102 valence electrons. The average molecular weight is 276 g/mol. The Bertz CT molecular complexity index is 611. The van der Waals surface area contributed by atoms with Crippen molar-refractivity contribution in [3.05, 3.63) is 47.9 Å². The standard InChI is InChI=1S/C13H10F2N4O/c14-13(15)20-11-4-3-10(18-8-11)7-19-12-9(6-16)2-1-5-17-12/h1-5,8,13H,7H2,(H,17,19). The molecular weight excluding hydrogens is 266 g/mol. The van der Waals surface area contributed by atoms with E-state index < -0.39 is 6.61 Å². The largest absolute Gasteiger partial charge is 0.433 e. The first-order chi connectivity index (χ1) is 9.69. The Morgan fingerprint density at radius 3 is 2.80 bits per heavy atom. The number of nitrogens with zero attached hydrogens (tertiary/aromatic N) is 3. The van der Waals surface area contributed by atoms with Crippen molar-refractivity contribution in [3.63, 3.8) is 0 Å². The molecule has 0 radical (unpaired) electrons. The first-order valence-corrected chi connectivity index (χ1v) is 5.68. The minimum Gasteiger partial charge on any atom is -0.433 e. The van der Waals surface area contributed by atoms with Crippen molar-refractivity contribution < 1.29 is 13.5 Å². The van der Waals surface area contributed by atoms with Crippen molar-refractivity contribution in [2.24, 2.45) is 0 Å². The summed E-state index contributed by atoms with van der Waals surface area (Å²) in [5, 5.41) is 11.9. The van der Waals surface area contributed by atoms with E-state index in [4.69, 9.17) is 5.26 Å². The number of nitrogens with one attached hydrogen (secondary N) is 1. The van der Waals surface area contributed by atoms with Gasteiger partial charge in [0.2, 0.25) is 0 Å². The molecule has 0 aliphatic carbocycles. The zero-order chi connectivity index (χ0) is 14.4. The van der Waals surface area contributed by atoms with Gasteiger partial charge in [-0.15, -0.1) is 0 Å². The Labute approximate surface area is 113 Å². The van der Waals surface area contributed by atoms with Gasteiger partial charge in [-0.3, -0.25) is 4.98 Å². The summed E-state index contributed by atoms with van der Waals surface area (Å²) in [7, 11) is 0. The second-order valence-electron chi connectivity index (χ2n) is 3.73. The van der Waals surface area contributed by atoms with Gasteiger partial charge < -0.3 is 10.1 Å². The molecule has 0 amide bonds. The van der Waals surface area contributed by atoms with Crippen molar-refractivity contribution in [1.29, 1.82) is 5.26 Å². The summed E-state index contributed by atoms with van der Waals surface area (Å²) in [6.45, 7) is -2.55. The third-order valence-electron chi connectivity index (χ3n) is 2.39. The molecule has 1 N–H and O–H groups in total. The molecule has 0 atom stereocenters. The molecule has 0 aromatic carbocycles. The summed E-state index contributed by atoms with van der Waals surface area (Å²) in [6.07, 6.45) is 2.78. The average Bonchev–Trinajstić information content (AvgIpc) is 2.46. The second-order valence-corrected chi connectivity index (χ2v) is 3.73. The van der Waals surface area contributed by atoms with Gasteiger partial charge in [-0.25, -0.2) is 4.98 Å². The predicted octanol–water partition coefficient (Wildman–Crippen LogP) is 2.56. The summed E-state index contributed by atoms with van der Waals surface area (Å²) in [5.74, 6) is 0.448. The van der Waals surface area contributed by atoms with Crippen LogP contribution >= 0.6 is 0 Å². The number of rotatable bonds is 5. The summed E-state index contributed by atoms with van der Waals surface area (Å²) in [5.41, 5.74) is 1.03. The van der Waals surface area contributed by atoms with Crippen LogP contribution in [0.1, 0.15) is 11.3 Å². The molecule has 0 spiro atoms. The molecule has 20 heavy (non-hydrogen) atoms. The van der Waals surface area contributed by atoms with Gasteiger partial charge in [0.15, 0.2) is 0 Å². The molecular formula is C13H10F2N4O. The number of ether oxygens (including phenoxy) is 1. The van der Waals surface area contributed by atoms with Crippen molar-refractivity contribution >= 4 is 5.82 Å². The Kier molecular flexibility index (Phi) is 4.39. The van der Waals surface area contributed by atoms with Gasteiger partial charge in [-0.1, -0.05) is 0 Å². The molecule has 7 heteroatoms. The Balaban J connectivity index is 1.99. The van der Waals surface area contributed by atoms with Crippen molar-refractivity contribution in [2.45, 2.75) is 13.2 Å². The summed E-state index contributed by atoms with van der Waals surface area (Å²) in [4.78, 5) is 8.01. The van der Waals surface area contributed by atoms with E-state index in [2.05, 4.69) is 20.0 Å². The third-order valence-corrected chi connectivity index (χ3v) is 2.39. The van der Waals surface area contributed by atoms with Gasteiger partial charge in [0.05, 0.1) is 24.0 Å². The number of anilines is 1. The Hall–Kier alpha value is -2.75. The van der Waals surface area contributed by atoms with Crippen LogP contribution in [-0.2, 0) is 6.54 Å². The second kappa shape index (κ2) is 6.43. The van der Waals surface area contributed by atoms with Gasteiger partial charge in [-0.2, -0.15) is 14.0 Å². The summed E-state index contributed by atoms with van der Waals surface area (Å²) < 4.78 is 28.1. The predicted molar refractivity (Wildman–Crippen MR) is 67.1 cm³/mol. The molecule has 2 aromatic rings. The fourth-order valence-corrected chi connectivity index (χ4v) is 1.50. The van der Waals surface area contributed by atoms with E-state index in [1.165, 1.54) is 12.3 Å². The highest BCUT2D eigenvalue weighted by atomic mass is 19.3. The molecule has 5 nitrogen and oxygen atoms in total. The first-order valence-electron chi connectivity index (χ1n) is 5.68. The van der Waals surface area contributed by atoms with Gasteiger partial charge in [-0.05, 0) is 24.3 Å². The van der Waals surface area contributed by atoms with E-state index in [0.29, 0.717) is 23.6 Å². The Morgan fingerprint density at radius 1 is 1.30 bits per heavy atom. The van der Waals surface area contributed by atoms with Crippen LogP contribution in [0.15, 0.2) is 36.7 Å². The van der Waals surface area contributed by atoms with Gasteiger partial charge in [0.1, 0.15) is 17.6 Å². The van der Waals surface area contributed by atoms with Crippen molar-refractivity contribution in [3.8, 4) is 11.8 Å². The molecule has 0 fully saturated rings. The van der Waals surface area contributed by atoms with Crippen LogP contribution in [0.3, 0.4) is 0 Å². The summed E-state index contributed by atoms with van der Waals surface area (Å²) >= 11 is 0. The maximum absolute atomic E-state index is 12.0. The van der Waals surface area contributed by atoms with Crippen LogP contribution in [0.25, 0.3) is 0 Å². The van der Waals surface area contributed by atoms with Gasteiger partial charge >= 0.3 is 6.61 Å². The maximum atomic E-state index is 12.0. The van der Waals surface area contributed by atoms with E-state index in [0.717, 1.165) is 0 Å². The number of hydrogen-bond donors (Lipinski definition) is 1. The van der Waals surface area contributed by atoms with E-state index in [1.54, 1.807) is 24.4 Å². The van der Waals surface area contributed by atoms with Crippen LogP contribution in [0.5, 0.6) is 5.75 Å². The monoisotopic (exact) mass is 276 g/mol. The lowest BCUT2D eigenvalue weighted by atomic mass is 10.2. The number of pyridine rings is 2. The molecule has 2 rings (SSSR count). The highest BCUT2D eigenvalue weighted by Crippen LogP contribution is 2.14. The van der Waals surface area contributed by atoms with E-state index in [-0.39, 0.29) is 5.75 Å². The third kappa shape index (κ3) is 3.62. The quantitative estimate of drug-likeness (QED) is 0.908. The normalized spacial score (nSPS) is 10.1. The fraction of sp³-hybridized carbons (Fsp3) is 0.154. The smallest absolute Gasteiger partial charge is 0.387 e. The van der Waals surface area contributed by atoms with Crippen molar-refractivity contribution in [1.82, 2.24) is 9.97 Å². The zero-order valence-corrected chi connectivity index (χ0v) is 10.3. The lowest BCUT2D eigenvalue weighted by Gasteiger charge is -2.07. The lowest BCUT2D eigenvalue weighted by Crippen LogP contribution is -2.06. The minimum absolute atomic E-state index is 0.000648. The van der Waals surface area contributed by atoms with E-state index in [9.17, 15) is 8.78 Å². The van der Waals surface area contributed by atoms with Crippen LogP contribution in [0.4, 0.5) is 14.6 Å². The highest BCUT2D eigenvalue weighted by Gasteiger charge is 2.05. The first kappa shape index (κ1) is 13.7. The van der Waals surface area contributed by atoms with E-state index in [1.807, 2.05) is 6.07 Å². The molecule has 0 saturated heterocycles. The maximum Gasteiger partial charge on any atom is 0.387 e. The van der Waals surface area contributed by atoms with Crippen LogP contribution in [-0.4, -0.2) is 16.6 Å². The van der Waals surface area contributed by atoms with E-state index >= 15 is 0 Å². The zero-order valence-electron chi connectivity index (χ0n) is 10.3.